The van der Waals surface area contributed by atoms with Crippen molar-refractivity contribution in [1.29, 1.82) is 0 Å². The molecule has 0 aromatic heterocycles. The standard InChI is InChI=1S/C14H23NO2S/c1-4-9-15-14(2,10-16)11-18-13-7-5-12(17-3)6-8-13/h5-8,15-16H,4,9-11H2,1-3H3. The zero-order chi connectivity index (χ0) is 13.4. The third kappa shape index (κ3) is 4.88. The highest BCUT2D eigenvalue weighted by molar-refractivity contribution is 7.99. The minimum Gasteiger partial charge on any atom is -0.497 e. The van der Waals surface area contributed by atoms with E-state index in [2.05, 4.69) is 19.2 Å². The number of ether oxygens (including phenoxy) is 1. The second-order valence-corrected chi connectivity index (χ2v) is 5.66. The summed E-state index contributed by atoms with van der Waals surface area (Å²) in [4.78, 5) is 1.19. The van der Waals surface area contributed by atoms with E-state index in [9.17, 15) is 5.11 Å². The molecule has 0 amide bonds. The van der Waals surface area contributed by atoms with Crippen LogP contribution in [0.25, 0.3) is 0 Å². The fraction of sp³-hybridized carbons (Fsp3) is 0.571. The molecule has 0 saturated carbocycles. The van der Waals surface area contributed by atoms with Gasteiger partial charge in [0, 0.05) is 16.2 Å². The van der Waals surface area contributed by atoms with Gasteiger partial charge in [-0.25, -0.2) is 0 Å². The van der Waals surface area contributed by atoms with Crippen LogP contribution in [0.15, 0.2) is 29.2 Å². The van der Waals surface area contributed by atoms with Crippen LogP contribution in [-0.2, 0) is 0 Å². The molecule has 0 spiro atoms. The maximum Gasteiger partial charge on any atom is 0.118 e. The third-order valence-corrected chi connectivity index (χ3v) is 4.15. The lowest BCUT2D eigenvalue weighted by Crippen LogP contribution is -2.48. The van der Waals surface area contributed by atoms with Gasteiger partial charge in [0.2, 0.25) is 0 Å². The summed E-state index contributed by atoms with van der Waals surface area (Å²) in [5.74, 6) is 1.71. The Bertz CT molecular complexity index is 342. The van der Waals surface area contributed by atoms with Gasteiger partial charge in [-0.1, -0.05) is 6.92 Å². The van der Waals surface area contributed by atoms with E-state index in [1.165, 1.54) is 4.90 Å². The van der Waals surface area contributed by atoms with Crippen LogP contribution in [0.2, 0.25) is 0 Å². The van der Waals surface area contributed by atoms with E-state index >= 15 is 0 Å². The molecule has 3 nitrogen and oxygen atoms in total. The molecule has 102 valence electrons. The number of benzene rings is 1. The Kier molecular flexibility index (Phi) is 6.54. The van der Waals surface area contributed by atoms with Gasteiger partial charge in [-0.15, -0.1) is 11.8 Å². The average molecular weight is 269 g/mol. The molecule has 0 radical (unpaired) electrons. The van der Waals surface area contributed by atoms with Gasteiger partial charge < -0.3 is 15.2 Å². The summed E-state index contributed by atoms with van der Waals surface area (Å²) in [5.41, 5.74) is -0.222. The summed E-state index contributed by atoms with van der Waals surface area (Å²) in [6.07, 6.45) is 1.07. The molecule has 0 bridgehead atoms. The zero-order valence-corrected chi connectivity index (χ0v) is 12.2. The number of nitrogens with one attached hydrogen (secondary N) is 1. The van der Waals surface area contributed by atoms with Gasteiger partial charge in [0.1, 0.15) is 5.75 Å². The monoisotopic (exact) mass is 269 g/mol. The molecule has 1 unspecified atom stereocenters. The largest absolute Gasteiger partial charge is 0.497 e. The van der Waals surface area contributed by atoms with Crippen molar-refractivity contribution in [2.75, 3.05) is 26.0 Å². The molecule has 1 rings (SSSR count). The Morgan fingerprint density at radius 1 is 1.33 bits per heavy atom. The van der Waals surface area contributed by atoms with Crippen LogP contribution in [0.5, 0.6) is 5.75 Å². The topological polar surface area (TPSA) is 41.5 Å². The van der Waals surface area contributed by atoms with Crippen LogP contribution in [-0.4, -0.2) is 36.7 Å². The van der Waals surface area contributed by atoms with Crippen molar-refractivity contribution in [3.63, 3.8) is 0 Å². The number of hydrogen-bond donors (Lipinski definition) is 2. The molecule has 1 aromatic carbocycles. The minimum atomic E-state index is -0.222. The minimum absolute atomic E-state index is 0.149. The lowest BCUT2D eigenvalue weighted by molar-refractivity contribution is 0.192. The molecular weight excluding hydrogens is 246 g/mol. The van der Waals surface area contributed by atoms with Gasteiger partial charge in [0.25, 0.3) is 0 Å². The Balaban J connectivity index is 2.50. The van der Waals surface area contributed by atoms with Crippen LogP contribution < -0.4 is 10.1 Å². The smallest absolute Gasteiger partial charge is 0.118 e. The first kappa shape index (κ1) is 15.3. The van der Waals surface area contributed by atoms with Crippen LogP contribution in [0, 0.1) is 0 Å². The molecule has 2 N–H and O–H groups in total. The summed E-state index contributed by atoms with van der Waals surface area (Å²) < 4.78 is 5.13. The quantitative estimate of drug-likeness (QED) is 0.712. The highest BCUT2D eigenvalue weighted by Gasteiger charge is 2.22. The maximum absolute atomic E-state index is 9.48. The van der Waals surface area contributed by atoms with Crippen LogP contribution >= 0.6 is 11.8 Å². The van der Waals surface area contributed by atoms with Crippen LogP contribution in [0.3, 0.4) is 0 Å². The highest BCUT2D eigenvalue weighted by atomic mass is 32.2. The second-order valence-electron chi connectivity index (χ2n) is 4.61. The Hall–Kier alpha value is -0.710. The highest BCUT2D eigenvalue weighted by Crippen LogP contribution is 2.24. The van der Waals surface area contributed by atoms with E-state index in [1.54, 1.807) is 18.9 Å². The predicted molar refractivity (Wildman–Crippen MR) is 77.5 cm³/mol. The molecule has 18 heavy (non-hydrogen) atoms. The van der Waals surface area contributed by atoms with Crippen molar-refractivity contribution < 1.29 is 9.84 Å². The Morgan fingerprint density at radius 2 is 2.00 bits per heavy atom. The first-order valence-electron chi connectivity index (χ1n) is 6.26. The third-order valence-electron chi connectivity index (χ3n) is 2.77. The molecule has 0 saturated heterocycles. The van der Waals surface area contributed by atoms with E-state index in [-0.39, 0.29) is 12.1 Å². The van der Waals surface area contributed by atoms with Crippen molar-refractivity contribution in [3.05, 3.63) is 24.3 Å². The van der Waals surface area contributed by atoms with E-state index in [4.69, 9.17) is 4.74 Å². The molecule has 4 heteroatoms. The van der Waals surface area contributed by atoms with E-state index in [0.717, 1.165) is 24.5 Å². The Labute approximate surface area is 114 Å². The molecule has 0 aliphatic carbocycles. The van der Waals surface area contributed by atoms with Gasteiger partial charge in [-0.2, -0.15) is 0 Å². The summed E-state index contributed by atoms with van der Waals surface area (Å²) >= 11 is 1.74. The number of aliphatic hydroxyl groups is 1. The van der Waals surface area contributed by atoms with Gasteiger partial charge in [-0.3, -0.25) is 0 Å². The van der Waals surface area contributed by atoms with Crippen molar-refractivity contribution in [3.8, 4) is 5.75 Å². The van der Waals surface area contributed by atoms with Gasteiger partial charge in [-0.05, 0) is 44.2 Å². The maximum atomic E-state index is 9.48. The molecular formula is C14H23NO2S. The van der Waals surface area contributed by atoms with Crippen LogP contribution in [0.4, 0.5) is 0 Å². The first-order valence-corrected chi connectivity index (χ1v) is 7.25. The van der Waals surface area contributed by atoms with Crippen molar-refractivity contribution in [2.45, 2.75) is 30.7 Å². The fourth-order valence-corrected chi connectivity index (χ4v) is 2.50. The number of rotatable bonds is 8. The molecule has 0 aliphatic heterocycles. The molecule has 0 fully saturated rings. The second kappa shape index (κ2) is 7.67. The lowest BCUT2D eigenvalue weighted by atomic mass is 10.1. The molecule has 0 heterocycles. The van der Waals surface area contributed by atoms with E-state index in [1.807, 2.05) is 24.3 Å². The number of aliphatic hydroxyl groups excluding tert-OH is 1. The average Bonchev–Trinajstić information content (AvgIpc) is 2.43. The fourth-order valence-electron chi connectivity index (χ4n) is 1.49. The predicted octanol–water partition coefficient (Wildman–Crippen LogP) is 2.54. The lowest BCUT2D eigenvalue weighted by Gasteiger charge is -2.28. The molecule has 1 atom stereocenters. The SMILES string of the molecule is CCCNC(C)(CO)CSc1ccc(OC)cc1. The summed E-state index contributed by atoms with van der Waals surface area (Å²) in [6.45, 7) is 5.26. The zero-order valence-electron chi connectivity index (χ0n) is 11.4. The first-order chi connectivity index (χ1) is 8.63. The molecule has 1 aromatic rings. The van der Waals surface area contributed by atoms with Crippen molar-refractivity contribution in [2.24, 2.45) is 0 Å². The van der Waals surface area contributed by atoms with Crippen molar-refractivity contribution in [1.82, 2.24) is 5.32 Å². The van der Waals surface area contributed by atoms with Crippen molar-refractivity contribution >= 4 is 11.8 Å². The van der Waals surface area contributed by atoms with Gasteiger partial charge >= 0.3 is 0 Å². The van der Waals surface area contributed by atoms with E-state index < -0.39 is 0 Å². The number of methoxy groups -OCH3 is 1. The van der Waals surface area contributed by atoms with E-state index in [0.29, 0.717) is 0 Å². The summed E-state index contributed by atoms with van der Waals surface area (Å²) in [5, 5.41) is 12.9. The Morgan fingerprint density at radius 3 is 2.50 bits per heavy atom. The normalized spacial score (nSPS) is 14.2. The van der Waals surface area contributed by atoms with Crippen LogP contribution in [0.1, 0.15) is 20.3 Å². The number of hydrogen-bond acceptors (Lipinski definition) is 4. The summed E-state index contributed by atoms with van der Waals surface area (Å²) in [7, 11) is 1.67. The molecule has 0 aliphatic rings. The van der Waals surface area contributed by atoms with Gasteiger partial charge in [0.05, 0.1) is 13.7 Å². The summed E-state index contributed by atoms with van der Waals surface area (Å²) in [6, 6.07) is 8.00. The van der Waals surface area contributed by atoms with Gasteiger partial charge in [0.15, 0.2) is 0 Å². The number of thioether (sulfide) groups is 1.